The van der Waals surface area contributed by atoms with Crippen LogP contribution >= 0.6 is 15.9 Å². The van der Waals surface area contributed by atoms with Gasteiger partial charge in [-0.05, 0) is 18.1 Å². The summed E-state index contributed by atoms with van der Waals surface area (Å²) in [5.74, 6) is -1.21. The Kier molecular flexibility index (Phi) is 3.66. The Hall–Kier alpha value is -1.76. The van der Waals surface area contributed by atoms with E-state index in [2.05, 4.69) is 15.9 Å². The Bertz CT molecular complexity index is 585. The molecule has 0 N–H and O–H groups in total. The molecular weight excluding hydrogens is 316 g/mol. The second-order valence-corrected chi connectivity index (χ2v) is 5.09. The maximum Gasteiger partial charge on any atom is 0.294 e. The summed E-state index contributed by atoms with van der Waals surface area (Å²) in [5.41, 5.74) is 0.803. The normalized spacial score (nSPS) is 13.3. The van der Waals surface area contributed by atoms with Crippen molar-refractivity contribution >= 4 is 39.0 Å². The van der Waals surface area contributed by atoms with Gasteiger partial charge in [-0.2, -0.15) is 0 Å². The van der Waals surface area contributed by atoms with Crippen LogP contribution in [0.5, 0.6) is 0 Å². The number of halogens is 1. The first-order chi connectivity index (χ1) is 8.95. The van der Waals surface area contributed by atoms with Gasteiger partial charge in [0.15, 0.2) is 0 Å². The van der Waals surface area contributed by atoms with Crippen molar-refractivity contribution in [3.63, 3.8) is 0 Å². The Balaban J connectivity index is 2.52. The van der Waals surface area contributed by atoms with Crippen molar-refractivity contribution in [1.29, 1.82) is 0 Å². The van der Waals surface area contributed by atoms with Crippen molar-refractivity contribution in [2.45, 2.75) is 19.8 Å². The fourth-order valence-electron chi connectivity index (χ4n) is 2.13. The summed E-state index contributed by atoms with van der Waals surface area (Å²) in [4.78, 5) is 35.2. The molecule has 7 heteroatoms. The molecule has 0 unspecified atom stereocenters. The molecule has 0 spiro atoms. The van der Waals surface area contributed by atoms with E-state index >= 15 is 0 Å². The van der Waals surface area contributed by atoms with Gasteiger partial charge in [0.05, 0.1) is 4.92 Å². The maximum absolute atomic E-state index is 11.9. The molecule has 1 aliphatic rings. The average Bonchev–Trinajstić information content (AvgIpc) is 2.79. The Morgan fingerprint density at radius 1 is 1.47 bits per heavy atom. The van der Waals surface area contributed by atoms with E-state index in [0.717, 1.165) is 0 Å². The third-order valence-corrected chi connectivity index (χ3v) is 3.47. The zero-order valence-electron chi connectivity index (χ0n) is 10.2. The molecule has 1 amide bonds. The molecule has 0 atom stereocenters. The largest absolute Gasteiger partial charge is 0.299 e. The fourth-order valence-corrected chi connectivity index (χ4v) is 2.62. The number of Topliss-reactive ketones (excluding diaryl/α,β-unsaturated/α-hetero) is 1. The molecule has 100 valence electrons. The molecule has 6 nitrogen and oxygen atoms in total. The van der Waals surface area contributed by atoms with Gasteiger partial charge in [0.2, 0.25) is 5.78 Å². The summed E-state index contributed by atoms with van der Waals surface area (Å²) in [7, 11) is 0. The number of rotatable bonds is 3. The van der Waals surface area contributed by atoms with Gasteiger partial charge in [0, 0.05) is 23.5 Å². The highest BCUT2D eigenvalue weighted by molar-refractivity contribution is 9.10. The SMILES string of the molecule is CCC(=O)C(=O)N1CCc2cc(Br)cc([N+](=O)[O-])c21. The number of hydrogen-bond donors (Lipinski definition) is 0. The predicted octanol–water partition coefficient (Wildman–Crippen LogP) is 2.23. The number of carbonyl (C=O) groups is 2. The average molecular weight is 327 g/mol. The standard InChI is InChI=1S/C12H11BrN2O4/c1-2-10(16)12(17)14-4-3-7-5-8(13)6-9(11(7)14)15(18)19/h5-6H,2-4H2,1H3. The summed E-state index contributed by atoms with van der Waals surface area (Å²) in [5, 5.41) is 11.1. The smallest absolute Gasteiger partial charge is 0.294 e. The molecule has 0 fully saturated rings. The quantitative estimate of drug-likeness (QED) is 0.484. The first-order valence-corrected chi connectivity index (χ1v) is 6.56. The number of carbonyl (C=O) groups excluding carboxylic acids is 2. The van der Waals surface area contributed by atoms with Crippen molar-refractivity contribution in [2.24, 2.45) is 0 Å². The number of anilines is 1. The zero-order valence-corrected chi connectivity index (χ0v) is 11.8. The number of nitro benzene ring substituents is 1. The first-order valence-electron chi connectivity index (χ1n) is 5.77. The lowest BCUT2D eigenvalue weighted by Crippen LogP contribution is -2.35. The maximum atomic E-state index is 11.9. The molecule has 1 aromatic carbocycles. The van der Waals surface area contributed by atoms with Crippen molar-refractivity contribution in [3.05, 3.63) is 32.3 Å². The molecule has 0 bridgehead atoms. The van der Waals surface area contributed by atoms with E-state index in [4.69, 9.17) is 0 Å². The van der Waals surface area contributed by atoms with Crippen molar-refractivity contribution in [1.82, 2.24) is 0 Å². The monoisotopic (exact) mass is 326 g/mol. The van der Waals surface area contributed by atoms with Crippen LogP contribution in [-0.4, -0.2) is 23.2 Å². The second-order valence-electron chi connectivity index (χ2n) is 4.17. The van der Waals surface area contributed by atoms with Crippen LogP contribution in [0, 0.1) is 10.1 Å². The molecule has 0 aromatic heterocycles. The van der Waals surface area contributed by atoms with E-state index in [0.29, 0.717) is 23.0 Å². The summed E-state index contributed by atoms with van der Waals surface area (Å²) < 4.78 is 0.592. The van der Waals surface area contributed by atoms with Crippen LogP contribution in [0.2, 0.25) is 0 Å². The fraction of sp³-hybridized carbons (Fsp3) is 0.333. The Morgan fingerprint density at radius 2 is 2.16 bits per heavy atom. The molecule has 1 heterocycles. The minimum absolute atomic E-state index is 0.0923. The molecule has 2 rings (SSSR count). The first kappa shape index (κ1) is 13.7. The summed E-state index contributed by atoms with van der Waals surface area (Å²) in [6.45, 7) is 1.89. The van der Waals surface area contributed by atoms with Gasteiger partial charge in [-0.15, -0.1) is 0 Å². The molecule has 1 aromatic rings. The molecular formula is C12H11BrN2O4. The predicted molar refractivity (Wildman–Crippen MR) is 72.2 cm³/mol. The number of fused-ring (bicyclic) bond motifs is 1. The highest BCUT2D eigenvalue weighted by Crippen LogP contribution is 2.39. The van der Waals surface area contributed by atoms with Gasteiger partial charge in [-0.25, -0.2) is 0 Å². The highest BCUT2D eigenvalue weighted by Gasteiger charge is 2.34. The number of hydrogen-bond acceptors (Lipinski definition) is 4. The molecule has 0 radical (unpaired) electrons. The number of ketones is 1. The van der Waals surface area contributed by atoms with Crippen LogP contribution in [0.1, 0.15) is 18.9 Å². The van der Waals surface area contributed by atoms with Gasteiger partial charge >= 0.3 is 0 Å². The Labute approximate surface area is 117 Å². The third-order valence-electron chi connectivity index (χ3n) is 3.01. The van der Waals surface area contributed by atoms with Gasteiger partial charge < -0.3 is 0 Å². The van der Waals surface area contributed by atoms with E-state index in [-0.39, 0.29) is 17.8 Å². The second kappa shape index (κ2) is 5.08. The minimum atomic E-state index is -0.674. The van der Waals surface area contributed by atoms with Crippen LogP contribution in [0.25, 0.3) is 0 Å². The van der Waals surface area contributed by atoms with Crippen LogP contribution < -0.4 is 4.90 Å². The lowest BCUT2D eigenvalue weighted by atomic mass is 10.1. The zero-order chi connectivity index (χ0) is 14.2. The van der Waals surface area contributed by atoms with Gasteiger partial charge in [0.25, 0.3) is 11.6 Å². The molecule has 0 aliphatic carbocycles. The topological polar surface area (TPSA) is 80.5 Å². The molecule has 1 aliphatic heterocycles. The highest BCUT2D eigenvalue weighted by atomic mass is 79.9. The van der Waals surface area contributed by atoms with Crippen molar-refractivity contribution in [3.8, 4) is 0 Å². The summed E-state index contributed by atoms with van der Waals surface area (Å²) in [6.07, 6.45) is 0.605. The van der Waals surface area contributed by atoms with Gasteiger partial charge in [0.1, 0.15) is 5.69 Å². The Morgan fingerprint density at radius 3 is 2.74 bits per heavy atom. The van der Waals surface area contributed by atoms with E-state index < -0.39 is 16.6 Å². The van der Waals surface area contributed by atoms with E-state index in [1.54, 1.807) is 13.0 Å². The third kappa shape index (κ3) is 2.37. The number of amides is 1. The van der Waals surface area contributed by atoms with E-state index in [9.17, 15) is 19.7 Å². The number of nitro groups is 1. The van der Waals surface area contributed by atoms with Crippen molar-refractivity contribution in [2.75, 3.05) is 11.4 Å². The van der Waals surface area contributed by atoms with Gasteiger partial charge in [-0.3, -0.25) is 24.6 Å². The molecule has 0 saturated carbocycles. The lowest BCUT2D eigenvalue weighted by molar-refractivity contribution is -0.384. The number of nitrogens with zero attached hydrogens (tertiary/aromatic N) is 2. The summed E-state index contributed by atoms with van der Waals surface area (Å²) >= 11 is 3.21. The van der Waals surface area contributed by atoms with Crippen molar-refractivity contribution < 1.29 is 14.5 Å². The molecule has 0 saturated heterocycles. The van der Waals surface area contributed by atoms with E-state index in [1.807, 2.05) is 0 Å². The minimum Gasteiger partial charge on any atom is -0.299 e. The lowest BCUT2D eigenvalue weighted by Gasteiger charge is -2.16. The van der Waals surface area contributed by atoms with Crippen LogP contribution in [0.3, 0.4) is 0 Å². The van der Waals surface area contributed by atoms with Crippen LogP contribution in [0.15, 0.2) is 16.6 Å². The number of benzene rings is 1. The van der Waals surface area contributed by atoms with Crippen LogP contribution in [-0.2, 0) is 16.0 Å². The molecule has 19 heavy (non-hydrogen) atoms. The van der Waals surface area contributed by atoms with Crippen LogP contribution in [0.4, 0.5) is 11.4 Å². The van der Waals surface area contributed by atoms with Gasteiger partial charge in [-0.1, -0.05) is 22.9 Å². The summed E-state index contributed by atoms with van der Waals surface area (Å²) in [6, 6.07) is 3.09. The van der Waals surface area contributed by atoms with E-state index in [1.165, 1.54) is 11.0 Å².